The van der Waals surface area contributed by atoms with E-state index in [0.29, 0.717) is 11.2 Å². The quantitative estimate of drug-likeness (QED) is 0.438. The van der Waals surface area contributed by atoms with Gasteiger partial charge < -0.3 is 9.72 Å². The van der Waals surface area contributed by atoms with Gasteiger partial charge in [-0.2, -0.15) is 0 Å². The maximum atomic E-state index is 12.5. The van der Waals surface area contributed by atoms with Crippen molar-refractivity contribution in [3.8, 4) is 11.3 Å². The second kappa shape index (κ2) is 6.72. The van der Waals surface area contributed by atoms with E-state index in [2.05, 4.69) is 10.3 Å². The molecule has 2 heterocycles. The molecule has 2 aromatic heterocycles. The Labute approximate surface area is 154 Å². The fourth-order valence-corrected chi connectivity index (χ4v) is 2.80. The number of aromatic nitrogens is 2. The molecular weight excluding hydrogens is 344 g/mol. The number of nitrogens with zero attached hydrogens (tertiary/aromatic N) is 3. The van der Waals surface area contributed by atoms with Gasteiger partial charge in [-0.15, -0.1) is 0 Å². The monoisotopic (exact) mass is 358 g/mol. The predicted molar refractivity (Wildman–Crippen MR) is 102 cm³/mol. The summed E-state index contributed by atoms with van der Waals surface area (Å²) in [5, 5.41) is 13.7. The summed E-state index contributed by atoms with van der Waals surface area (Å²) in [6.07, 6.45) is 3.62. The van der Waals surface area contributed by atoms with E-state index in [4.69, 9.17) is 0 Å². The molecular formula is C20H14N4O3. The number of pyridine rings is 1. The maximum Gasteiger partial charge on any atom is 0.292 e. The number of nitrogens with one attached hydrogen (secondary N) is 1. The first-order valence-corrected chi connectivity index (χ1v) is 8.21. The molecule has 0 radical (unpaired) electrons. The lowest BCUT2D eigenvalue weighted by Crippen LogP contribution is -2.13. The van der Waals surface area contributed by atoms with Crippen LogP contribution in [-0.4, -0.2) is 20.2 Å². The van der Waals surface area contributed by atoms with E-state index >= 15 is 0 Å². The van der Waals surface area contributed by atoms with E-state index in [1.54, 1.807) is 30.5 Å². The van der Waals surface area contributed by atoms with Gasteiger partial charge in [0.25, 0.3) is 11.6 Å². The van der Waals surface area contributed by atoms with Gasteiger partial charge in [-0.1, -0.05) is 42.5 Å². The summed E-state index contributed by atoms with van der Waals surface area (Å²) in [5.74, 6) is -0.434. The van der Waals surface area contributed by atoms with E-state index in [0.717, 1.165) is 11.3 Å². The molecule has 7 nitrogen and oxygen atoms in total. The lowest BCUT2D eigenvalue weighted by molar-refractivity contribution is -0.383. The molecule has 1 amide bonds. The Kier molecular flexibility index (Phi) is 4.10. The van der Waals surface area contributed by atoms with Crippen molar-refractivity contribution in [1.82, 2.24) is 9.38 Å². The van der Waals surface area contributed by atoms with Crippen LogP contribution in [0.25, 0.3) is 16.9 Å². The third-order valence-corrected chi connectivity index (χ3v) is 4.14. The van der Waals surface area contributed by atoms with Gasteiger partial charge in [-0.05, 0) is 18.2 Å². The number of nitro groups is 1. The highest BCUT2D eigenvalue weighted by atomic mass is 16.6. The average molecular weight is 358 g/mol. The van der Waals surface area contributed by atoms with E-state index in [1.807, 2.05) is 40.9 Å². The summed E-state index contributed by atoms with van der Waals surface area (Å²) in [6, 6.07) is 19.1. The lowest BCUT2D eigenvalue weighted by atomic mass is 10.2. The molecule has 7 heteroatoms. The molecule has 0 aliphatic heterocycles. The molecule has 0 saturated heterocycles. The second-order valence-corrected chi connectivity index (χ2v) is 5.90. The molecule has 0 spiro atoms. The second-order valence-electron chi connectivity index (χ2n) is 5.90. The minimum Gasteiger partial charge on any atom is -0.316 e. The Balaban J connectivity index is 1.64. The van der Waals surface area contributed by atoms with E-state index in [1.165, 1.54) is 12.1 Å². The molecule has 0 atom stereocenters. The number of nitro benzene ring substituents is 1. The molecule has 0 fully saturated rings. The molecule has 4 aromatic rings. The molecule has 132 valence electrons. The highest BCUT2D eigenvalue weighted by Crippen LogP contribution is 2.24. The zero-order valence-corrected chi connectivity index (χ0v) is 14.1. The molecule has 0 saturated carbocycles. The number of benzene rings is 2. The Hall–Kier alpha value is -4.00. The Bertz CT molecular complexity index is 1150. The van der Waals surface area contributed by atoms with Gasteiger partial charge in [-0.25, -0.2) is 4.98 Å². The first-order chi connectivity index (χ1) is 13.1. The number of imidazole rings is 1. The van der Waals surface area contributed by atoms with Crippen molar-refractivity contribution in [2.45, 2.75) is 0 Å². The summed E-state index contributed by atoms with van der Waals surface area (Å²) in [6.45, 7) is 0. The van der Waals surface area contributed by atoms with Crippen LogP contribution in [0.2, 0.25) is 0 Å². The number of carbonyl (C=O) groups excluding carboxylic acids is 1. The lowest BCUT2D eigenvalue weighted by Gasteiger charge is -2.06. The summed E-state index contributed by atoms with van der Waals surface area (Å²) >= 11 is 0. The number of para-hydroxylation sites is 2. The van der Waals surface area contributed by atoms with Crippen LogP contribution in [-0.2, 0) is 0 Å². The average Bonchev–Trinajstić information content (AvgIpc) is 3.12. The van der Waals surface area contributed by atoms with Crippen LogP contribution in [0.1, 0.15) is 10.4 Å². The first-order valence-electron chi connectivity index (χ1n) is 8.21. The number of carbonyl (C=O) groups is 1. The van der Waals surface area contributed by atoms with Crippen molar-refractivity contribution >= 4 is 22.9 Å². The summed E-state index contributed by atoms with van der Waals surface area (Å²) in [4.78, 5) is 27.7. The smallest absolute Gasteiger partial charge is 0.292 e. The number of hydrogen-bond donors (Lipinski definition) is 1. The standard InChI is InChI=1S/C20H14N4O3/c25-20(22-16-8-4-5-9-18(16)24(26)27)15-10-11-23-13-17(21-19(23)12-15)14-6-2-1-3-7-14/h1-13H,(H,22,25). The van der Waals surface area contributed by atoms with Gasteiger partial charge in [-0.3, -0.25) is 14.9 Å². The normalized spacial score (nSPS) is 10.7. The van der Waals surface area contributed by atoms with Crippen LogP contribution in [0.3, 0.4) is 0 Å². The molecule has 27 heavy (non-hydrogen) atoms. The summed E-state index contributed by atoms with van der Waals surface area (Å²) in [7, 11) is 0. The number of anilines is 1. The topological polar surface area (TPSA) is 89.5 Å². The minimum absolute atomic E-state index is 0.153. The van der Waals surface area contributed by atoms with Crippen LogP contribution < -0.4 is 5.32 Å². The van der Waals surface area contributed by atoms with Crippen molar-refractivity contribution in [3.63, 3.8) is 0 Å². The molecule has 4 rings (SSSR count). The van der Waals surface area contributed by atoms with Crippen molar-refractivity contribution in [2.75, 3.05) is 5.32 Å². The van der Waals surface area contributed by atoms with Gasteiger partial charge in [0.1, 0.15) is 11.3 Å². The largest absolute Gasteiger partial charge is 0.316 e. The molecule has 0 bridgehead atoms. The van der Waals surface area contributed by atoms with Crippen molar-refractivity contribution in [3.05, 3.63) is 94.8 Å². The van der Waals surface area contributed by atoms with Crippen LogP contribution in [0.15, 0.2) is 79.1 Å². The van der Waals surface area contributed by atoms with E-state index in [-0.39, 0.29) is 11.4 Å². The van der Waals surface area contributed by atoms with Gasteiger partial charge in [0.05, 0.1) is 10.6 Å². The molecule has 0 unspecified atom stereocenters. The zero-order chi connectivity index (χ0) is 18.8. The Morgan fingerprint density at radius 1 is 1.04 bits per heavy atom. The number of fused-ring (bicyclic) bond motifs is 1. The maximum absolute atomic E-state index is 12.5. The van der Waals surface area contributed by atoms with Crippen LogP contribution in [0.4, 0.5) is 11.4 Å². The number of hydrogen-bond acceptors (Lipinski definition) is 4. The molecule has 0 aliphatic rings. The zero-order valence-electron chi connectivity index (χ0n) is 14.1. The van der Waals surface area contributed by atoms with Gasteiger partial charge in [0, 0.05) is 29.6 Å². The third kappa shape index (κ3) is 3.25. The van der Waals surface area contributed by atoms with Crippen molar-refractivity contribution in [2.24, 2.45) is 0 Å². The summed E-state index contributed by atoms with van der Waals surface area (Å²) in [5.41, 5.74) is 2.76. The van der Waals surface area contributed by atoms with Crippen LogP contribution >= 0.6 is 0 Å². The number of amides is 1. The van der Waals surface area contributed by atoms with Gasteiger partial charge in [0.15, 0.2) is 0 Å². The molecule has 1 N–H and O–H groups in total. The Morgan fingerprint density at radius 3 is 2.56 bits per heavy atom. The van der Waals surface area contributed by atoms with Crippen molar-refractivity contribution in [1.29, 1.82) is 0 Å². The van der Waals surface area contributed by atoms with Gasteiger partial charge in [0.2, 0.25) is 0 Å². The fraction of sp³-hybridized carbons (Fsp3) is 0. The number of rotatable bonds is 4. The highest BCUT2D eigenvalue weighted by molar-refractivity contribution is 6.05. The van der Waals surface area contributed by atoms with Crippen LogP contribution in [0.5, 0.6) is 0 Å². The SMILES string of the molecule is O=C(Nc1ccccc1[N+](=O)[O-])c1ccn2cc(-c3ccccc3)nc2c1. The van der Waals surface area contributed by atoms with Crippen LogP contribution in [0, 0.1) is 10.1 Å². The molecule has 2 aromatic carbocycles. The van der Waals surface area contributed by atoms with E-state index in [9.17, 15) is 14.9 Å². The summed E-state index contributed by atoms with van der Waals surface area (Å²) < 4.78 is 1.82. The highest BCUT2D eigenvalue weighted by Gasteiger charge is 2.16. The first kappa shape index (κ1) is 16.5. The van der Waals surface area contributed by atoms with Gasteiger partial charge >= 0.3 is 0 Å². The minimum atomic E-state index is -0.528. The van der Waals surface area contributed by atoms with Crippen molar-refractivity contribution < 1.29 is 9.72 Å². The molecule has 0 aliphatic carbocycles. The predicted octanol–water partition coefficient (Wildman–Crippen LogP) is 4.16. The van der Waals surface area contributed by atoms with E-state index < -0.39 is 10.8 Å². The fourth-order valence-electron chi connectivity index (χ4n) is 2.80. The Morgan fingerprint density at radius 2 is 1.78 bits per heavy atom. The third-order valence-electron chi connectivity index (χ3n) is 4.14.